The molecule has 216 valence electrons. The molecule has 0 aliphatic carbocycles. The summed E-state index contributed by atoms with van der Waals surface area (Å²) in [5.41, 5.74) is -0.151. The highest BCUT2D eigenvalue weighted by atomic mass is 19.1. The lowest BCUT2D eigenvalue weighted by Gasteiger charge is -2.24. The molecule has 3 rings (SSSR count). The number of aromatic carboxylic acids is 1. The molecule has 0 saturated heterocycles. The summed E-state index contributed by atoms with van der Waals surface area (Å²) >= 11 is 0. The SMILES string of the molecule is CC(C)[C@H](NC(=O)COc1c(C(=O)O)ccc2ccccc12)C(=O)N[C@@H](CC(=O)O)C(=O)COc1ccccc1F. The number of Topliss-reactive ketones (excluding diaryl/α,β-unsaturated/α-hetero) is 1. The second-order valence-corrected chi connectivity index (χ2v) is 9.39. The molecule has 0 aliphatic heterocycles. The molecule has 0 bridgehead atoms. The first-order valence-electron chi connectivity index (χ1n) is 12.6. The first-order chi connectivity index (χ1) is 19.5. The number of carboxylic acid groups (broad SMARTS) is 2. The minimum Gasteiger partial charge on any atom is -0.483 e. The average molecular weight is 569 g/mol. The fourth-order valence-corrected chi connectivity index (χ4v) is 3.95. The lowest BCUT2D eigenvalue weighted by Crippen LogP contribution is -2.55. The number of benzene rings is 3. The standard InChI is InChI=1S/C29H29FN2O9/c1-16(2)26(28(37)31-21(13-25(35)36)22(33)14-40-23-10-6-5-9-20(23)30)32-24(34)15-41-27-18-8-4-3-7-17(18)11-12-19(27)29(38)39/h3-12,16,21,26H,13-15H2,1-2H3,(H,31,37)(H,32,34)(H,35,36)(H,38,39)/t21-,26-/m0/s1. The summed E-state index contributed by atoms with van der Waals surface area (Å²) in [5, 5.41) is 24.8. The van der Waals surface area contributed by atoms with Crippen molar-refractivity contribution < 1.29 is 48.0 Å². The topological polar surface area (TPSA) is 168 Å². The van der Waals surface area contributed by atoms with Gasteiger partial charge in [-0.05, 0) is 29.5 Å². The maximum Gasteiger partial charge on any atom is 0.339 e. The van der Waals surface area contributed by atoms with Crippen LogP contribution in [0.5, 0.6) is 11.5 Å². The third-order valence-corrected chi connectivity index (χ3v) is 6.01. The molecule has 3 aromatic carbocycles. The van der Waals surface area contributed by atoms with Crippen molar-refractivity contribution in [1.82, 2.24) is 10.6 Å². The Kier molecular flexibility index (Phi) is 10.3. The fraction of sp³-hybridized carbons (Fsp3) is 0.276. The number of para-hydroxylation sites is 1. The Morgan fingerprint density at radius 1 is 0.854 bits per heavy atom. The molecule has 2 atom stereocenters. The van der Waals surface area contributed by atoms with Gasteiger partial charge in [-0.3, -0.25) is 19.2 Å². The number of halogens is 1. The zero-order valence-electron chi connectivity index (χ0n) is 22.3. The number of amides is 2. The van der Waals surface area contributed by atoms with Crippen LogP contribution in [0.3, 0.4) is 0 Å². The summed E-state index contributed by atoms with van der Waals surface area (Å²) in [6.07, 6.45) is -0.772. The Morgan fingerprint density at radius 2 is 1.54 bits per heavy atom. The number of carbonyl (C=O) groups is 5. The Morgan fingerprint density at radius 3 is 2.20 bits per heavy atom. The number of rotatable bonds is 14. The van der Waals surface area contributed by atoms with E-state index >= 15 is 0 Å². The van der Waals surface area contributed by atoms with Crippen molar-refractivity contribution in [2.75, 3.05) is 13.2 Å². The van der Waals surface area contributed by atoms with Crippen molar-refractivity contribution >= 4 is 40.3 Å². The van der Waals surface area contributed by atoms with Gasteiger partial charge in [-0.1, -0.05) is 56.3 Å². The first kappa shape index (κ1) is 30.5. The molecule has 12 heteroatoms. The summed E-state index contributed by atoms with van der Waals surface area (Å²) in [4.78, 5) is 61.6. The van der Waals surface area contributed by atoms with Crippen LogP contribution in [-0.4, -0.2) is 65.0 Å². The third-order valence-electron chi connectivity index (χ3n) is 6.01. The predicted octanol–water partition coefficient (Wildman–Crippen LogP) is 2.80. The number of hydrogen-bond donors (Lipinski definition) is 4. The molecule has 0 aromatic heterocycles. The average Bonchev–Trinajstić information content (AvgIpc) is 2.92. The van der Waals surface area contributed by atoms with Crippen LogP contribution >= 0.6 is 0 Å². The fourth-order valence-electron chi connectivity index (χ4n) is 3.95. The Bertz CT molecular complexity index is 1460. The molecule has 0 spiro atoms. The number of ketones is 1. The molecule has 0 radical (unpaired) electrons. The zero-order chi connectivity index (χ0) is 30.1. The van der Waals surface area contributed by atoms with Crippen LogP contribution in [0.15, 0.2) is 60.7 Å². The van der Waals surface area contributed by atoms with E-state index in [0.717, 1.165) is 6.07 Å². The third kappa shape index (κ3) is 8.24. The second kappa shape index (κ2) is 13.9. The number of carboxylic acids is 2. The molecule has 0 aliphatic rings. The number of hydrogen-bond acceptors (Lipinski definition) is 7. The van der Waals surface area contributed by atoms with Gasteiger partial charge in [0.2, 0.25) is 5.91 Å². The van der Waals surface area contributed by atoms with Gasteiger partial charge in [0.1, 0.15) is 30.0 Å². The Balaban J connectivity index is 1.68. The molecule has 0 heterocycles. The number of fused-ring (bicyclic) bond motifs is 1. The van der Waals surface area contributed by atoms with E-state index in [-0.39, 0.29) is 17.1 Å². The van der Waals surface area contributed by atoms with E-state index in [9.17, 15) is 38.6 Å². The minimum atomic E-state index is -1.52. The van der Waals surface area contributed by atoms with Crippen LogP contribution in [0.2, 0.25) is 0 Å². The zero-order valence-corrected chi connectivity index (χ0v) is 22.3. The highest BCUT2D eigenvalue weighted by molar-refractivity contribution is 6.01. The van der Waals surface area contributed by atoms with Crippen molar-refractivity contribution in [2.24, 2.45) is 5.92 Å². The maximum atomic E-state index is 13.8. The van der Waals surface area contributed by atoms with Crippen LogP contribution in [0, 0.1) is 11.7 Å². The van der Waals surface area contributed by atoms with Gasteiger partial charge < -0.3 is 30.3 Å². The van der Waals surface area contributed by atoms with E-state index in [1.54, 1.807) is 44.2 Å². The van der Waals surface area contributed by atoms with Gasteiger partial charge in [0.15, 0.2) is 24.0 Å². The highest BCUT2D eigenvalue weighted by Gasteiger charge is 2.30. The molecule has 0 saturated carbocycles. The van der Waals surface area contributed by atoms with Gasteiger partial charge in [0.25, 0.3) is 5.91 Å². The molecule has 0 unspecified atom stereocenters. The quantitative estimate of drug-likeness (QED) is 0.228. The number of aliphatic carboxylic acids is 1. The summed E-state index contributed by atoms with van der Waals surface area (Å²) in [7, 11) is 0. The minimum absolute atomic E-state index is 0.0155. The van der Waals surface area contributed by atoms with Crippen LogP contribution in [0.1, 0.15) is 30.6 Å². The monoisotopic (exact) mass is 568 g/mol. The van der Waals surface area contributed by atoms with Crippen molar-refractivity contribution in [3.63, 3.8) is 0 Å². The van der Waals surface area contributed by atoms with Crippen LogP contribution in [-0.2, 0) is 19.2 Å². The maximum absolute atomic E-state index is 13.8. The lowest BCUT2D eigenvalue weighted by atomic mass is 10.0. The van der Waals surface area contributed by atoms with Gasteiger partial charge in [0.05, 0.1) is 6.42 Å². The normalized spacial score (nSPS) is 12.3. The summed E-state index contributed by atoms with van der Waals surface area (Å²) in [6.45, 7) is 1.91. The number of carbonyl (C=O) groups excluding carboxylic acids is 3. The first-order valence-corrected chi connectivity index (χ1v) is 12.6. The van der Waals surface area contributed by atoms with Crippen LogP contribution in [0.25, 0.3) is 10.8 Å². The Hall–Kier alpha value is -5.00. The summed E-state index contributed by atoms with van der Waals surface area (Å²) in [6, 6.07) is 12.4. The largest absolute Gasteiger partial charge is 0.483 e. The van der Waals surface area contributed by atoms with Gasteiger partial charge in [0, 0.05) is 5.39 Å². The molecule has 4 N–H and O–H groups in total. The summed E-state index contributed by atoms with van der Waals surface area (Å²) in [5.74, 6) is -6.50. The molecular weight excluding hydrogens is 539 g/mol. The van der Waals surface area contributed by atoms with Crippen molar-refractivity contribution in [2.45, 2.75) is 32.4 Å². The summed E-state index contributed by atoms with van der Waals surface area (Å²) < 4.78 is 24.5. The molecule has 11 nitrogen and oxygen atoms in total. The molecular formula is C29H29FN2O9. The second-order valence-electron chi connectivity index (χ2n) is 9.39. The Labute approximate surface area is 234 Å². The number of nitrogens with one attached hydrogen (secondary N) is 2. The van der Waals surface area contributed by atoms with Crippen LogP contribution in [0.4, 0.5) is 4.39 Å². The van der Waals surface area contributed by atoms with Gasteiger partial charge >= 0.3 is 11.9 Å². The van der Waals surface area contributed by atoms with E-state index in [1.807, 2.05) is 0 Å². The van der Waals surface area contributed by atoms with E-state index < -0.39 is 73.0 Å². The van der Waals surface area contributed by atoms with Gasteiger partial charge in [-0.15, -0.1) is 0 Å². The van der Waals surface area contributed by atoms with Crippen molar-refractivity contribution in [3.05, 3.63) is 72.0 Å². The molecule has 3 aromatic rings. The van der Waals surface area contributed by atoms with Gasteiger partial charge in [-0.2, -0.15) is 0 Å². The smallest absolute Gasteiger partial charge is 0.339 e. The van der Waals surface area contributed by atoms with E-state index in [4.69, 9.17) is 9.47 Å². The predicted molar refractivity (Wildman–Crippen MR) is 144 cm³/mol. The lowest BCUT2D eigenvalue weighted by molar-refractivity contribution is -0.141. The van der Waals surface area contributed by atoms with E-state index in [0.29, 0.717) is 10.8 Å². The van der Waals surface area contributed by atoms with E-state index in [2.05, 4.69) is 10.6 Å². The highest BCUT2D eigenvalue weighted by Crippen LogP contribution is 2.30. The molecule has 2 amide bonds. The van der Waals surface area contributed by atoms with Crippen molar-refractivity contribution in [1.29, 1.82) is 0 Å². The molecule has 0 fully saturated rings. The van der Waals surface area contributed by atoms with Gasteiger partial charge in [-0.25, -0.2) is 9.18 Å². The number of ether oxygens (including phenoxy) is 2. The molecule has 41 heavy (non-hydrogen) atoms. The van der Waals surface area contributed by atoms with E-state index in [1.165, 1.54) is 24.3 Å². The van der Waals surface area contributed by atoms with Crippen molar-refractivity contribution in [3.8, 4) is 11.5 Å². The van der Waals surface area contributed by atoms with Crippen LogP contribution < -0.4 is 20.1 Å².